The molecule has 2 aromatic carbocycles. The molecule has 31 heavy (non-hydrogen) atoms. The van der Waals surface area contributed by atoms with Crippen molar-refractivity contribution in [2.45, 2.75) is 33.4 Å². The van der Waals surface area contributed by atoms with Crippen molar-refractivity contribution in [3.8, 4) is 23.0 Å². The number of amides is 1. The summed E-state index contributed by atoms with van der Waals surface area (Å²) >= 11 is 0. The molecule has 0 saturated heterocycles. The fraction of sp³-hybridized carbons (Fsp3) is 0.409. The van der Waals surface area contributed by atoms with E-state index in [2.05, 4.69) is 0 Å². The maximum absolute atomic E-state index is 13.3. The van der Waals surface area contributed by atoms with Crippen molar-refractivity contribution in [2.75, 3.05) is 27.1 Å². The summed E-state index contributed by atoms with van der Waals surface area (Å²) in [5.74, 6) is 0.962. The monoisotopic (exact) mass is 451 g/mol. The van der Waals surface area contributed by atoms with E-state index in [4.69, 9.17) is 18.4 Å². The molecule has 0 bridgehead atoms. The third-order valence-electron chi connectivity index (χ3n) is 4.67. The molecule has 1 amide bonds. The third-order valence-corrected chi connectivity index (χ3v) is 5.82. The van der Waals surface area contributed by atoms with Crippen LogP contribution in [0.15, 0.2) is 36.4 Å². The molecule has 0 N–H and O–H groups in total. The van der Waals surface area contributed by atoms with E-state index in [9.17, 15) is 13.2 Å². The van der Waals surface area contributed by atoms with E-state index in [1.165, 1.54) is 21.1 Å². The number of benzene rings is 2. The van der Waals surface area contributed by atoms with Crippen LogP contribution in [0.1, 0.15) is 36.7 Å². The average molecular weight is 452 g/mol. The van der Waals surface area contributed by atoms with Crippen molar-refractivity contribution in [3.05, 3.63) is 47.5 Å². The van der Waals surface area contributed by atoms with Crippen molar-refractivity contribution in [1.29, 1.82) is 0 Å². The van der Waals surface area contributed by atoms with Crippen molar-refractivity contribution in [1.82, 2.24) is 4.90 Å². The van der Waals surface area contributed by atoms with Gasteiger partial charge < -0.3 is 23.3 Å². The second-order valence-electron chi connectivity index (χ2n) is 7.01. The van der Waals surface area contributed by atoms with Gasteiger partial charge in [0.1, 0.15) is 11.5 Å². The van der Waals surface area contributed by atoms with Crippen molar-refractivity contribution in [2.24, 2.45) is 0 Å². The second-order valence-corrected chi connectivity index (χ2v) is 8.87. The van der Waals surface area contributed by atoms with Gasteiger partial charge in [-0.05, 0) is 50.6 Å². The molecule has 8 nitrogen and oxygen atoms in total. The van der Waals surface area contributed by atoms with Crippen LogP contribution in [-0.4, -0.2) is 52.3 Å². The number of rotatable bonds is 10. The van der Waals surface area contributed by atoms with Crippen molar-refractivity contribution in [3.63, 3.8) is 0 Å². The van der Waals surface area contributed by atoms with E-state index >= 15 is 0 Å². The molecule has 0 aromatic heterocycles. The van der Waals surface area contributed by atoms with Gasteiger partial charge in [-0.3, -0.25) is 4.79 Å². The number of methoxy groups -OCH3 is 3. The van der Waals surface area contributed by atoms with Gasteiger partial charge in [-0.25, -0.2) is 0 Å². The molecular formula is C22H29NO7S. The van der Waals surface area contributed by atoms with E-state index in [-0.39, 0.29) is 30.0 Å². The van der Waals surface area contributed by atoms with E-state index in [0.29, 0.717) is 28.4 Å². The summed E-state index contributed by atoms with van der Waals surface area (Å²) in [7, 11) is 0.733. The largest absolute Gasteiger partial charge is 0.497 e. The van der Waals surface area contributed by atoms with Gasteiger partial charge in [-0.1, -0.05) is 6.07 Å². The van der Waals surface area contributed by atoms with Crippen LogP contribution in [0.5, 0.6) is 23.0 Å². The summed E-state index contributed by atoms with van der Waals surface area (Å²) in [6.45, 7) is 5.53. The van der Waals surface area contributed by atoms with Crippen LogP contribution >= 0.6 is 0 Å². The summed E-state index contributed by atoms with van der Waals surface area (Å²) in [6.07, 6.45) is 0. The summed E-state index contributed by atoms with van der Waals surface area (Å²) in [5, 5.41) is 0. The molecule has 170 valence electrons. The number of hydrogen-bond donors (Lipinski definition) is 0. The Bertz CT molecular complexity index is 1020. The smallest absolute Gasteiger partial charge is 0.309 e. The fourth-order valence-electron chi connectivity index (χ4n) is 2.90. The lowest BCUT2D eigenvalue weighted by Gasteiger charge is -2.28. The lowest BCUT2D eigenvalue weighted by molar-refractivity contribution is 0.0686. The molecule has 0 aliphatic carbocycles. The number of carbonyl (C=O) groups excluding carboxylic acids is 1. The first-order chi connectivity index (χ1) is 14.6. The Hall–Kier alpha value is -2.94. The predicted molar refractivity (Wildman–Crippen MR) is 118 cm³/mol. The van der Waals surface area contributed by atoms with Gasteiger partial charge in [0.05, 0.1) is 32.6 Å². The molecular weight excluding hydrogens is 422 g/mol. The van der Waals surface area contributed by atoms with E-state index in [1.807, 2.05) is 13.8 Å². The topological polar surface area (TPSA) is 91.4 Å². The zero-order valence-electron chi connectivity index (χ0n) is 18.7. The first kappa shape index (κ1) is 24.3. The number of ether oxygens (including phenoxy) is 3. The second kappa shape index (κ2) is 10.4. The lowest BCUT2D eigenvalue weighted by Crippen LogP contribution is -2.36. The van der Waals surface area contributed by atoms with Crippen LogP contribution in [0.3, 0.4) is 0 Å². The standard InChI is InChI=1S/C22H29NO7S/c1-7-31(25,26)30-21-12-16(8-11-19(21)28-5)14-23(15(2)3)22(24)18-10-9-17(27-4)13-20(18)29-6/h8-13,15H,7,14H2,1-6H3. The van der Waals surface area contributed by atoms with Gasteiger partial charge in [0.2, 0.25) is 0 Å². The summed E-state index contributed by atoms with van der Waals surface area (Å²) in [6, 6.07) is 9.82. The minimum Gasteiger partial charge on any atom is -0.497 e. The van der Waals surface area contributed by atoms with Gasteiger partial charge in [0.15, 0.2) is 11.5 Å². The number of carbonyl (C=O) groups is 1. The fourth-order valence-corrected chi connectivity index (χ4v) is 3.42. The maximum atomic E-state index is 13.3. The van der Waals surface area contributed by atoms with Crippen LogP contribution in [0.4, 0.5) is 0 Å². The van der Waals surface area contributed by atoms with E-state index in [0.717, 1.165) is 0 Å². The van der Waals surface area contributed by atoms with Crippen LogP contribution in [-0.2, 0) is 16.7 Å². The van der Waals surface area contributed by atoms with Crippen LogP contribution in [0.2, 0.25) is 0 Å². The predicted octanol–water partition coefficient (Wildman–Crippen LogP) is 3.49. The molecule has 0 heterocycles. The maximum Gasteiger partial charge on any atom is 0.309 e. The molecule has 2 aromatic rings. The van der Waals surface area contributed by atoms with Crippen LogP contribution in [0.25, 0.3) is 0 Å². The molecule has 0 unspecified atom stereocenters. The molecule has 0 aliphatic rings. The SMILES string of the molecule is CCS(=O)(=O)Oc1cc(CN(C(=O)c2ccc(OC)cc2OC)C(C)C)ccc1OC. The van der Waals surface area contributed by atoms with Gasteiger partial charge in [0.25, 0.3) is 5.91 Å². The first-order valence-corrected chi connectivity index (χ1v) is 11.4. The Morgan fingerprint density at radius 1 is 0.935 bits per heavy atom. The highest BCUT2D eigenvalue weighted by atomic mass is 32.2. The minimum atomic E-state index is -3.73. The lowest BCUT2D eigenvalue weighted by atomic mass is 10.1. The van der Waals surface area contributed by atoms with Crippen LogP contribution in [0, 0.1) is 0 Å². The van der Waals surface area contributed by atoms with E-state index < -0.39 is 10.1 Å². The molecule has 0 aliphatic heterocycles. The highest BCUT2D eigenvalue weighted by molar-refractivity contribution is 7.87. The molecule has 0 spiro atoms. The van der Waals surface area contributed by atoms with Crippen molar-refractivity contribution >= 4 is 16.0 Å². The zero-order valence-corrected chi connectivity index (χ0v) is 19.5. The van der Waals surface area contributed by atoms with Gasteiger partial charge in [-0.15, -0.1) is 0 Å². The summed E-state index contributed by atoms with van der Waals surface area (Å²) < 4.78 is 44.8. The molecule has 0 fully saturated rings. The summed E-state index contributed by atoms with van der Waals surface area (Å²) in [4.78, 5) is 15.0. The van der Waals surface area contributed by atoms with E-state index in [1.54, 1.807) is 48.4 Å². The Morgan fingerprint density at radius 2 is 1.61 bits per heavy atom. The Labute approximate surface area is 183 Å². The van der Waals surface area contributed by atoms with Gasteiger partial charge >= 0.3 is 10.1 Å². The normalized spacial score (nSPS) is 11.2. The van der Waals surface area contributed by atoms with Gasteiger partial charge in [-0.2, -0.15) is 8.42 Å². The quantitative estimate of drug-likeness (QED) is 0.511. The average Bonchev–Trinajstić information content (AvgIpc) is 2.76. The Kier molecular flexibility index (Phi) is 8.15. The molecule has 9 heteroatoms. The molecule has 0 saturated carbocycles. The Morgan fingerprint density at radius 3 is 2.16 bits per heavy atom. The zero-order chi connectivity index (χ0) is 23.2. The van der Waals surface area contributed by atoms with Gasteiger partial charge in [0, 0.05) is 18.7 Å². The minimum absolute atomic E-state index is 0.0834. The first-order valence-electron chi connectivity index (χ1n) is 9.77. The highest BCUT2D eigenvalue weighted by Gasteiger charge is 2.24. The number of nitrogens with zero attached hydrogens (tertiary/aromatic N) is 1. The molecule has 0 atom stereocenters. The Balaban J connectivity index is 2.38. The van der Waals surface area contributed by atoms with Crippen molar-refractivity contribution < 1.29 is 31.6 Å². The summed E-state index contributed by atoms with van der Waals surface area (Å²) in [5.41, 5.74) is 1.09. The third kappa shape index (κ3) is 6.04. The molecule has 2 rings (SSSR count). The number of hydrogen-bond acceptors (Lipinski definition) is 7. The van der Waals surface area contributed by atoms with Crippen LogP contribution < -0.4 is 18.4 Å². The highest BCUT2D eigenvalue weighted by Crippen LogP contribution is 2.31. The molecule has 0 radical (unpaired) electrons.